The third-order valence-electron chi connectivity index (χ3n) is 2.56. The second kappa shape index (κ2) is 5.87. The maximum absolute atomic E-state index is 13.1. The lowest BCUT2D eigenvalue weighted by Crippen LogP contribution is -2.14. The number of halogens is 3. The first-order chi connectivity index (χ1) is 9.81. The number of ether oxygens (including phenoxy) is 1. The lowest BCUT2D eigenvalue weighted by atomic mass is 10.3. The molecule has 8 heteroatoms. The summed E-state index contributed by atoms with van der Waals surface area (Å²) in [7, 11) is -2.77. The minimum Gasteiger partial charge on any atom is -0.497 e. The van der Waals surface area contributed by atoms with Crippen LogP contribution in [0.5, 0.6) is 5.75 Å². The maximum atomic E-state index is 13.1. The van der Waals surface area contributed by atoms with Crippen molar-refractivity contribution >= 4 is 27.3 Å². The third kappa shape index (κ3) is 3.62. The molecular formula is C13H10ClF2NO3S. The number of hydrogen-bond donors (Lipinski definition) is 1. The number of rotatable bonds is 4. The molecule has 0 heterocycles. The van der Waals surface area contributed by atoms with Crippen LogP contribution in [0.4, 0.5) is 14.5 Å². The Kier molecular flexibility index (Phi) is 4.34. The van der Waals surface area contributed by atoms with E-state index in [0.717, 1.165) is 0 Å². The van der Waals surface area contributed by atoms with Gasteiger partial charge in [-0.1, -0.05) is 11.6 Å². The van der Waals surface area contributed by atoms with E-state index in [1.54, 1.807) is 6.07 Å². The summed E-state index contributed by atoms with van der Waals surface area (Å²) in [6.45, 7) is 0. The van der Waals surface area contributed by atoms with E-state index in [1.807, 2.05) is 0 Å². The van der Waals surface area contributed by atoms with Crippen molar-refractivity contribution in [2.75, 3.05) is 11.8 Å². The fraction of sp³-hybridized carbons (Fsp3) is 0.0769. The van der Waals surface area contributed by atoms with Crippen LogP contribution in [0, 0.1) is 11.6 Å². The van der Waals surface area contributed by atoms with Crippen LogP contribution >= 0.6 is 11.6 Å². The van der Waals surface area contributed by atoms with Gasteiger partial charge < -0.3 is 4.74 Å². The summed E-state index contributed by atoms with van der Waals surface area (Å²) in [6, 6.07) is 6.33. The Labute approximate surface area is 125 Å². The van der Waals surface area contributed by atoms with Crippen LogP contribution in [0.25, 0.3) is 0 Å². The Morgan fingerprint density at radius 2 is 1.71 bits per heavy atom. The average molecular weight is 334 g/mol. The summed E-state index contributed by atoms with van der Waals surface area (Å²) in [6.07, 6.45) is 0. The summed E-state index contributed by atoms with van der Waals surface area (Å²) < 4.78 is 57.6. The number of hydrogen-bond acceptors (Lipinski definition) is 3. The zero-order valence-electron chi connectivity index (χ0n) is 10.7. The van der Waals surface area contributed by atoms with Gasteiger partial charge in [-0.2, -0.15) is 0 Å². The van der Waals surface area contributed by atoms with E-state index in [2.05, 4.69) is 4.72 Å². The van der Waals surface area contributed by atoms with Gasteiger partial charge in [0.05, 0.1) is 22.7 Å². The summed E-state index contributed by atoms with van der Waals surface area (Å²) in [5.41, 5.74) is 0.0423. The van der Waals surface area contributed by atoms with Crippen LogP contribution in [0.2, 0.25) is 5.02 Å². The van der Waals surface area contributed by atoms with Crippen LogP contribution in [0.1, 0.15) is 0 Å². The minimum atomic E-state index is -4.18. The van der Waals surface area contributed by atoms with Crippen LogP contribution in [-0.4, -0.2) is 15.5 Å². The first-order valence-corrected chi connectivity index (χ1v) is 7.50. The van der Waals surface area contributed by atoms with E-state index < -0.39 is 26.6 Å². The Balaban J connectivity index is 2.41. The molecule has 2 aromatic rings. The van der Waals surface area contributed by atoms with Crippen molar-refractivity contribution in [1.29, 1.82) is 0 Å². The monoisotopic (exact) mass is 333 g/mol. The molecule has 0 aliphatic heterocycles. The average Bonchev–Trinajstić information content (AvgIpc) is 2.40. The van der Waals surface area contributed by atoms with Crippen molar-refractivity contribution in [3.8, 4) is 5.75 Å². The van der Waals surface area contributed by atoms with Crippen LogP contribution in [0.15, 0.2) is 41.3 Å². The smallest absolute Gasteiger partial charge is 0.262 e. The van der Waals surface area contributed by atoms with Crippen LogP contribution in [-0.2, 0) is 10.0 Å². The standard InChI is InChI=1S/C13H10ClF2NO3S/c1-20-10-2-3-12(14)13(7-10)17-21(18,19)11-5-8(15)4-9(16)6-11/h2-7,17H,1H3. The number of sulfonamides is 1. The van der Waals surface area contributed by atoms with Gasteiger partial charge in [-0.15, -0.1) is 0 Å². The Bertz CT molecular complexity index is 761. The number of anilines is 1. The molecule has 0 unspecified atom stereocenters. The van der Waals surface area contributed by atoms with Crippen molar-refractivity contribution in [3.63, 3.8) is 0 Å². The molecule has 112 valence electrons. The van der Waals surface area contributed by atoms with E-state index in [9.17, 15) is 17.2 Å². The molecule has 0 aliphatic carbocycles. The van der Waals surface area contributed by atoms with Crippen molar-refractivity contribution in [1.82, 2.24) is 0 Å². The molecule has 0 atom stereocenters. The van der Waals surface area contributed by atoms with Crippen molar-refractivity contribution in [3.05, 3.63) is 53.1 Å². The number of nitrogens with one attached hydrogen (secondary N) is 1. The molecule has 4 nitrogen and oxygen atoms in total. The fourth-order valence-corrected chi connectivity index (χ4v) is 2.93. The molecule has 1 N–H and O–H groups in total. The molecule has 0 radical (unpaired) electrons. The van der Waals surface area contributed by atoms with E-state index in [4.69, 9.17) is 16.3 Å². The zero-order chi connectivity index (χ0) is 15.6. The second-order valence-electron chi connectivity index (χ2n) is 4.06. The van der Waals surface area contributed by atoms with Gasteiger partial charge in [0.25, 0.3) is 10.0 Å². The highest BCUT2D eigenvalue weighted by Crippen LogP contribution is 2.29. The van der Waals surface area contributed by atoms with Gasteiger partial charge in [0.2, 0.25) is 0 Å². The van der Waals surface area contributed by atoms with E-state index in [0.29, 0.717) is 23.9 Å². The van der Waals surface area contributed by atoms with Gasteiger partial charge >= 0.3 is 0 Å². The van der Waals surface area contributed by atoms with Gasteiger partial charge in [-0.25, -0.2) is 17.2 Å². The van der Waals surface area contributed by atoms with Crippen molar-refractivity contribution < 1.29 is 21.9 Å². The third-order valence-corrected chi connectivity index (χ3v) is 4.24. The van der Waals surface area contributed by atoms with Crippen molar-refractivity contribution in [2.24, 2.45) is 0 Å². The predicted molar refractivity (Wildman–Crippen MR) is 75.2 cm³/mol. The van der Waals surface area contributed by atoms with Crippen LogP contribution < -0.4 is 9.46 Å². The van der Waals surface area contributed by atoms with Gasteiger partial charge in [-0.05, 0) is 24.3 Å². The molecule has 0 fully saturated rings. The topological polar surface area (TPSA) is 55.4 Å². The zero-order valence-corrected chi connectivity index (χ0v) is 12.3. The summed E-state index contributed by atoms with van der Waals surface area (Å²) in [5.74, 6) is -1.61. The Morgan fingerprint density at radius 3 is 2.29 bits per heavy atom. The summed E-state index contributed by atoms with van der Waals surface area (Å²) >= 11 is 5.88. The van der Waals surface area contributed by atoms with Gasteiger partial charge in [0.15, 0.2) is 0 Å². The van der Waals surface area contributed by atoms with E-state index in [1.165, 1.54) is 19.2 Å². The van der Waals surface area contributed by atoms with Gasteiger partial charge in [0.1, 0.15) is 17.4 Å². The van der Waals surface area contributed by atoms with Gasteiger partial charge in [-0.3, -0.25) is 4.72 Å². The quantitative estimate of drug-likeness (QED) is 0.932. The molecule has 0 saturated carbocycles. The molecule has 0 bridgehead atoms. The van der Waals surface area contributed by atoms with E-state index in [-0.39, 0.29) is 10.7 Å². The number of benzene rings is 2. The van der Waals surface area contributed by atoms with Crippen LogP contribution in [0.3, 0.4) is 0 Å². The molecule has 0 aliphatic rings. The van der Waals surface area contributed by atoms with Crippen molar-refractivity contribution in [2.45, 2.75) is 4.90 Å². The molecular weight excluding hydrogens is 324 g/mol. The maximum Gasteiger partial charge on any atom is 0.262 e. The summed E-state index contributed by atoms with van der Waals surface area (Å²) in [5, 5.41) is 0.122. The molecule has 0 spiro atoms. The van der Waals surface area contributed by atoms with E-state index >= 15 is 0 Å². The molecule has 21 heavy (non-hydrogen) atoms. The highest BCUT2D eigenvalue weighted by atomic mass is 35.5. The molecule has 0 amide bonds. The highest BCUT2D eigenvalue weighted by molar-refractivity contribution is 7.92. The number of methoxy groups -OCH3 is 1. The molecule has 0 saturated heterocycles. The predicted octanol–water partition coefficient (Wildman–Crippen LogP) is 3.43. The second-order valence-corrected chi connectivity index (χ2v) is 6.15. The molecule has 0 aromatic heterocycles. The normalized spacial score (nSPS) is 11.2. The minimum absolute atomic E-state index is 0.0423. The SMILES string of the molecule is COc1ccc(Cl)c(NS(=O)(=O)c2cc(F)cc(F)c2)c1. The molecule has 2 rings (SSSR count). The Hall–Kier alpha value is -1.86. The highest BCUT2D eigenvalue weighted by Gasteiger charge is 2.18. The first kappa shape index (κ1) is 15.5. The lowest BCUT2D eigenvalue weighted by Gasteiger charge is -2.11. The Morgan fingerprint density at radius 1 is 1.10 bits per heavy atom. The lowest BCUT2D eigenvalue weighted by molar-refractivity contribution is 0.415. The fourth-order valence-electron chi connectivity index (χ4n) is 1.60. The molecule has 2 aromatic carbocycles. The first-order valence-electron chi connectivity index (χ1n) is 5.64. The summed E-state index contributed by atoms with van der Waals surface area (Å²) in [4.78, 5) is -0.543. The van der Waals surface area contributed by atoms with Gasteiger partial charge in [0, 0.05) is 12.1 Å². The largest absolute Gasteiger partial charge is 0.497 e.